The first-order valence-corrected chi connectivity index (χ1v) is 11.3. The predicted molar refractivity (Wildman–Crippen MR) is 129 cm³/mol. The lowest BCUT2D eigenvalue weighted by Gasteiger charge is -2.17. The monoisotopic (exact) mass is 445 g/mol. The van der Waals surface area contributed by atoms with Crippen molar-refractivity contribution in [3.63, 3.8) is 0 Å². The molecule has 0 atom stereocenters. The number of para-hydroxylation sites is 2. The van der Waals surface area contributed by atoms with Crippen LogP contribution in [0.5, 0.6) is 5.75 Å². The number of methoxy groups -OCH3 is 1. The molecular formula is C24H19N3O2S2. The van der Waals surface area contributed by atoms with Gasteiger partial charge in [-0.25, -0.2) is 4.99 Å². The second kappa shape index (κ2) is 8.17. The molecule has 2 heterocycles. The fourth-order valence-corrected chi connectivity index (χ4v) is 5.77. The standard InChI is InChI=1S/C24H19N3O2S2/c1-26-19-15-18(29-2)13-14-20(19)30-23(26)21-22(28)27(17-11-7-4-8-12-17)24(31-21)25-16-9-5-3-6-10-16/h3-15H,1-2H3/b23-21+,25-24?. The average molecular weight is 446 g/mol. The molecule has 0 aliphatic carbocycles. The summed E-state index contributed by atoms with van der Waals surface area (Å²) in [5, 5.41) is 1.55. The molecule has 0 unspecified atom stereocenters. The van der Waals surface area contributed by atoms with E-state index in [-0.39, 0.29) is 5.91 Å². The molecule has 3 aromatic rings. The number of carbonyl (C=O) groups excluding carboxylic acids is 1. The normalized spacial score (nSPS) is 19.3. The highest BCUT2D eigenvalue weighted by Gasteiger charge is 2.40. The first-order chi connectivity index (χ1) is 15.2. The molecule has 0 bridgehead atoms. The fraction of sp³-hybridized carbons (Fsp3) is 0.0833. The maximum absolute atomic E-state index is 13.6. The van der Waals surface area contributed by atoms with Crippen LogP contribution in [0.3, 0.4) is 0 Å². The van der Waals surface area contributed by atoms with Crippen LogP contribution >= 0.6 is 23.5 Å². The number of amidine groups is 1. The first kappa shape index (κ1) is 19.8. The van der Waals surface area contributed by atoms with E-state index in [9.17, 15) is 4.79 Å². The number of thioether (sulfide) groups is 2. The number of anilines is 2. The van der Waals surface area contributed by atoms with Gasteiger partial charge in [0.15, 0.2) is 5.17 Å². The van der Waals surface area contributed by atoms with Crippen molar-refractivity contribution >= 4 is 51.7 Å². The van der Waals surface area contributed by atoms with Crippen molar-refractivity contribution in [2.75, 3.05) is 24.0 Å². The van der Waals surface area contributed by atoms with E-state index in [0.717, 1.165) is 32.7 Å². The Morgan fingerprint density at radius 3 is 2.32 bits per heavy atom. The van der Waals surface area contributed by atoms with Crippen LogP contribution in [0.4, 0.5) is 17.1 Å². The number of benzene rings is 3. The van der Waals surface area contributed by atoms with Crippen molar-refractivity contribution in [1.82, 2.24) is 0 Å². The summed E-state index contributed by atoms with van der Waals surface area (Å²) in [6.07, 6.45) is 0. The molecule has 3 aromatic carbocycles. The topological polar surface area (TPSA) is 45.1 Å². The Bertz CT molecular complexity index is 1210. The summed E-state index contributed by atoms with van der Waals surface area (Å²) in [5.74, 6) is 0.722. The quantitative estimate of drug-likeness (QED) is 0.472. The van der Waals surface area contributed by atoms with Gasteiger partial charge < -0.3 is 9.64 Å². The van der Waals surface area contributed by atoms with Gasteiger partial charge in [-0.2, -0.15) is 0 Å². The van der Waals surface area contributed by atoms with Gasteiger partial charge in [0.25, 0.3) is 5.91 Å². The minimum Gasteiger partial charge on any atom is -0.497 e. The van der Waals surface area contributed by atoms with Crippen LogP contribution in [-0.2, 0) is 4.79 Å². The van der Waals surface area contributed by atoms with Gasteiger partial charge in [0.2, 0.25) is 0 Å². The molecule has 2 aliphatic heterocycles. The maximum Gasteiger partial charge on any atom is 0.274 e. The second-order valence-corrected chi connectivity index (χ2v) is 8.95. The van der Waals surface area contributed by atoms with Gasteiger partial charge >= 0.3 is 0 Å². The predicted octanol–water partition coefficient (Wildman–Crippen LogP) is 5.87. The summed E-state index contributed by atoms with van der Waals surface area (Å²) in [5.41, 5.74) is 2.64. The molecule has 5 nitrogen and oxygen atoms in total. The van der Waals surface area contributed by atoms with Crippen molar-refractivity contribution in [3.8, 4) is 5.75 Å². The highest BCUT2D eigenvalue weighted by molar-refractivity contribution is 8.20. The molecule has 1 fully saturated rings. The van der Waals surface area contributed by atoms with Gasteiger partial charge in [0.1, 0.15) is 10.7 Å². The minimum atomic E-state index is -0.0694. The van der Waals surface area contributed by atoms with Crippen molar-refractivity contribution < 1.29 is 9.53 Å². The van der Waals surface area contributed by atoms with Crippen LogP contribution in [0.25, 0.3) is 0 Å². The molecule has 0 spiro atoms. The smallest absolute Gasteiger partial charge is 0.274 e. The summed E-state index contributed by atoms with van der Waals surface area (Å²) in [4.78, 5) is 23.9. The number of fused-ring (bicyclic) bond motifs is 1. The summed E-state index contributed by atoms with van der Waals surface area (Å²) >= 11 is 3.01. The summed E-state index contributed by atoms with van der Waals surface area (Å²) < 4.78 is 5.38. The zero-order valence-electron chi connectivity index (χ0n) is 17.0. The van der Waals surface area contributed by atoms with Crippen LogP contribution in [-0.4, -0.2) is 25.2 Å². The van der Waals surface area contributed by atoms with Crippen molar-refractivity contribution in [2.45, 2.75) is 4.90 Å². The molecular weight excluding hydrogens is 426 g/mol. The molecule has 31 heavy (non-hydrogen) atoms. The van der Waals surface area contributed by atoms with Gasteiger partial charge in [0, 0.05) is 18.0 Å². The van der Waals surface area contributed by atoms with Crippen molar-refractivity contribution in [1.29, 1.82) is 0 Å². The molecule has 5 rings (SSSR count). The van der Waals surface area contributed by atoms with Crippen molar-refractivity contribution in [2.24, 2.45) is 4.99 Å². The van der Waals surface area contributed by atoms with Crippen LogP contribution in [0.2, 0.25) is 0 Å². The molecule has 1 saturated heterocycles. The van der Waals surface area contributed by atoms with Crippen LogP contribution in [0.15, 0.2) is 98.7 Å². The van der Waals surface area contributed by atoms with E-state index in [1.807, 2.05) is 85.9 Å². The number of rotatable bonds is 3. The molecule has 0 radical (unpaired) electrons. The number of ether oxygens (including phenoxy) is 1. The highest BCUT2D eigenvalue weighted by Crippen LogP contribution is 2.51. The van der Waals surface area contributed by atoms with Gasteiger partial charge in [-0.1, -0.05) is 48.2 Å². The van der Waals surface area contributed by atoms with Crippen LogP contribution < -0.4 is 14.5 Å². The number of hydrogen-bond acceptors (Lipinski definition) is 6. The summed E-state index contributed by atoms with van der Waals surface area (Å²) in [7, 11) is 3.64. The SMILES string of the molecule is COc1ccc2c(c1)N(C)/C(=C1\SC(=Nc3ccccc3)N(c3ccccc3)C1=O)S2. The molecule has 0 N–H and O–H groups in total. The Hall–Kier alpha value is -3.16. The lowest BCUT2D eigenvalue weighted by atomic mass is 10.2. The first-order valence-electron chi connectivity index (χ1n) is 9.70. The molecule has 0 saturated carbocycles. The second-order valence-electron chi connectivity index (χ2n) is 6.94. The third kappa shape index (κ3) is 3.60. The van der Waals surface area contributed by atoms with E-state index in [2.05, 4.69) is 4.90 Å². The van der Waals surface area contributed by atoms with E-state index in [1.165, 1.54) is 11.8 Å². The Labute approximate surface area is 189 Å². The van der Waals surface area contributed by atoms with Crippen LogP contribution in [0.1, 0.15) is 0 Å². The molecule has 154 valence electrons. The Kier molecular flexibility index (Phi) is 5.21. The zero-order valence-corrected chi connectivity index (χ0v) is 18.6. The highest BCUT2D eigenvalue weighted by atomic mass is 32.2. The van der Waals surface area contributed by atoms with Gasteiger partial charge in [-0.15, -0.1) is 0 Å². The van der Waals surface area contributed by atoms with Gasteiger partial charge in [-0.05, 0) is 48.2 Å². The summed E-state index contributed by atoms with van der Waals surface area (Å²) in [6, 6.07) is 25.3. The average Bonchev–Trinajstić information content (AvgIpc) is 3.30. The summed E-state index contributed by atoms with van der Waals surface area (Å²) in [6.45, 7) is 0. The number of nitrogens with zero attached hydrogens (tertiary/aromatic N) is 3. The molecule has 2 aliphatic rings. The van der Waals surface area contributed by atoms with E-state index in [0.29, 0.717) is 10.1 Å². The number of hydrogen-bond donors (Lipinski definition) is 0. The zero-order chi connectivity index (χ0) is 21.4. The largest absolute Gasteiger partial charge is 0.497 e. The maximum atomic E-state index is 13.6. The molecule has 1 amide bonds. The fourth-order valence-electron chi connectivity index (χ4n) is 3.45. The Morgan fingerprint density at radius 1 is 0.903 bits per heavy atom. The number of amides is 1. The third-order valence-electron chi connectivity index (χ3n) is 5.01. The Balaban J connectivity index is 1.59. The van der Waals surface area contributed by atoms with E-state index < -0.39 is 0 Å². The molecule has 0 aromatic heterocycles. The lowest BCUT2D eigenvalue weighted by molar-refractivity contribution is -0.113. The molecule has 7 heteroatoms. The van der Waals surface area contributed by atoms with E-state index in [1.54, 1.807) is 23.8 Å². The number of aliphatic imine (C=N–C) groups is 1. The van der Waals surface area contributed by atoms with Crippen molar-refractivity contribution in [3.05, 3.63) is 88.8 Å². The third-order valence-corrected chi connectivity index (χ3v) is 7.40. The van der Waals surface area contributed by atoms with E-state index >= 15 is 0 Å². The minimum absolute atomic E-state index is 0.0694. The van der Waals surface area contributed by atoms with Gasteiger partial charge in [-0.3, -0.25) is 9.69 Å². The number of carbonyl (C=O) groups is 1. The lowest BCUT2D eigenvalue weighted by Crippen LogP contribution is -2.29. The van der Waals surface area contributed by atoms with E-state index in [4.69, 9.17) is 9.73 Å². The van der Waals surface area contributed by atoms with Crippen LogP contribution in [0, 0.1) is 0 Å². The Morgan fingerprint density at radius 2 is 1.61 bits per heavy atom. The van der Waals surface area contributed by atoms with Gasteiger partial charge in [0.05, 0.1) is 29.2 Å².